The molecule has 0 spiro atoms. The number of urea groups is 1. The summed E-state index contributed by atoms with van der Waals surface area (Å²) in [7, 11) is 0. The second-order valence-corrected chi connectivity index (χ2v) is 6.25. The molecule has 21 heavy (non-hydrogen) atoms. The smallest absolute Gasteiger partial charge is 0.354 e. The Kier molecular flexibility index (Phi) is 4.54. The van der Waals surface area contributed by atoms with Crippen LogP contribution in [0.2, 0.25) is 4.34 Å². The van der Waals surface area contributed by atoms with E-state index in [2.05, 4.69) is 15.6 Å². The van der Waals surface area contributed by atoms with E-state index in [4.69, 9.17) is 16.7 Å². The molecule has 0 radical (unpaired) electrons. The Hall–Kier alpha value is -1.99. The van der Waals surface area contributed by atoms with Gasteiger partial charge in [0.25, 0.3) is 0 Å². The molecule has 2 amide bonds. The number of nitrogens with one attached hydrogen (secondary N) is 3. The molecular weight excluding hydrogens is 314 g/mol. The van der Waals surface area contributed by atoms with Crippen LogP contribution in [0.5, 0.6) is 0 Å². The van der Waals surface area contributed by atoms with Gasteiger partial charge in [-0.15, -0.1) is 11.3 Å². The number of aryl methyl sites for hydroxylation is 1. The minimum atomic E-state index is -1.13. The minimum Gasteiger partial charge on any atom is -0.477 e. The number of thiophene rings is 1. The predicted molar refractivity (Wildman–Crippen MR) is 82.4 cm³/mol. The van der Waals surface area contributed by atoms with E-state index in [9.17, 15) is 9.59 Å². The second kappa shape index (κ2) is 6.19. The van der Waals surface area contributed by atoms with Crippen LogP contribution >= 0.6 is 22.9 Å². The van der Waals surface area contributed by atoms with Gasteiger partial charge in [-0.2, -0.15) is 0 Å². The first-order valence-electron chi connectivity index (χ1n) is 6.12. The van der Waals surface area contributed by atoms with Gasteiger partial charge in [-0.1, -0.05) is 11.6 Å². The molecule has 0 saturated heterocycles. The number of aromatic nitrogens is 1. The molecule has 2 heterocycles. The van der Waals surface area contributed by atoms with E-state index in [1.165, 1.54) is 11.3 Å². The average molecular weight is 328 g/mol. The molecule has 6 nitrogen and oxygen atoms in total. The van der Waals surface area contributed by atoms with Gasteiger partial charge in [0.05, 0.1) is 16.1 Å². The van der Waals surface area contributed by atoms with Crippen LogP contribution in [0.25, 0.3) is 0 Å². The molecule has 1 atom stereocenters. The molecule has 0 aromatic carbocycles. The van der Waals surface area contributed by atoms with Crippen LogP contribution in [0, 0.1) is 6.92 Å². The lowest BCUT2D eigenvalue weighted by Gasteiger charge is -2.13. The molecule has 0 aliphatic heterocycles. The standard InChI is InChI=1S/C13H14ClN3O3S/c1-6-5-8(11(15-6)12(18)19)17-13(20)16-7(2)9-3-4-10(14)21-9/h3-5,7,15H,1-2H3,(H,18,19)(H2,16,17,20). The van der Waals surface area contributed by atoms with Crippen molar-refractivity contribution in [3.8, 4) is 0 Å². The molecule has 8 heteroatoms. The van der Waals surface area contributed by atoms with E-state index >= 15 is 0 Å². The van der Waals surface area contributed by atoms with Gasteiger partial charge < -0.3 is 20.7 Å². The fourth-order valence-electron chi connectivity index (χ4n) is 1.84. The summed E-state index contributed by atoms with van der Waals surface area (Å²) in [6.07, 6.45) is 0. The first-order valence-corrected chi connectivity index (χ1v) is 7.32. The van der Waals surface area contributed by atoms with Gasteiger partial charge in [0.2, 0.25) is 0 Å². The fourth-order valence-corrected chi connectivity index (χ4v) is 2.91. The topological polar surface area (TPSA) is 94.2 Å². The van der Waals surface area contributed by atoms with Crippen molar-refractivity contribution in [1.82, 2.24) is 10.3 Å². The Balaban J connectivity index is 2.03. The summed E-state index contributed by atoms with van der Waals surface area (Å²) < 4.78 is 0.647. The zero-order valence-electron chi connectivity index (χ0n) is 11.4. The number of H-pyrrole nitrogens is 1. The molecule has 0 fully saturated rings. The number of halogens is 1. The molecule has 0 saturated carbocycles. The number of carbonyl (C=O) groups excluding carboxylic acids is 1. The van der Waals surface area contributed by atoms with Crippen LogP contribution in [0.1, 0.15) is 34.0 Å². The third kappa shape index (κ3) is 3.77. The first-order chi connectivity index (χ1) is 9.86. The fraction of sp³-hybridized carbons (Fsp3) is 0.231. The van der Waals surface area contributed by atoms with Gasteiger partial charge in [-0.3, -0.25) is 0 Å². The van der Waals surface area contributed by atoms with E-state index < -0.39 is 12.0 Å². The second-order valence-electron chi connectivity index (χ2n) is 4.51. The zero-order chi connectivity index (χ0) is 15.6. The summed E-state index contributed by atoms with van der Waals surface area (Å²) in [5.74, 6) is -1.13. The van der Waals surface area contributed by atoms with Crippen molar-refractivity contribution in [2.24, 2.45) is 0 Å². The van der Waals surface area contributed by atoms with Crippen molar-refractivity contribution >= 4 is 40.6 Å². The average Bonchev–Trinajstić information content (AvgIpc) is 2.95. The Bertz CT molecular complexity index is 680. The predicted octanol–water partition coefficient (Wildman–Crippen LogP) is 3.62. The maximum absolute atomic E-state index is 11.9. The largest absolute Gasteiger partial charge is 0.477 e. The highest BCUT2D eigenvalue weighted by Crippen LogP contribution is 2.26. The first kappa shape index (κ1) is 15.4. The lowest BCUT2D eigenvalue weighted by molar-refractivity contribution is 0.0692. The van der Waals surface area contributed by atoms with Crippen LogP contribution in [0.15, 0.2) is 18.2 Å². The Labute approximate surface area is 130 Å². The van der Waals surface area contributed by atoms with E-state index in [-0.39, 0.29) is 17.4 Å². The highest BCUT2D eigenvalue weighted by molar-refractivity contribution is 7.16. The lowest BCUT2D eigenvalue weighted by atomic mass is 10.3. The summed E-state index contributed by atoms with van der Waals surface area (Å²) in [4.78, 5) is 26.6. The Morgan fingerprint density at radius 2 is 2.14 bits per heavy atom. The third-order valence-corrected chi connectivity index (χ3v) is 4.20. The van der Waals surface area contributed by atoms with Crippen molar-refractivity contribution in [2.45, 2.75) is 19.9 Å². The third-order valence-electron chi connectivity index (χ3n) is 2.78. The van der Waals surface area contributed by atoms with Gasteiger partial charge in [0.15, 0.2) is 0 Å². The maximum Gasteiger partial charge on any atom is 0.354 e. The number of amides is 2. The molecule has 2 aromatic heterocycles. The number of carboxylic acids is 1. The minimum absolute atomic E-state index is 0.0468. The Morgan fingerprint density at radius 1 is 1.43 bits per heavy atom. The summed E-state index contributed by atoms with van der Waals surface area (Å²) in [5.41, 5.74) is 0.837. The molecule has 1 unspecified atom stereocenters. The quantitative estimate of drug-likeness (QED) is 0.690. The van der Waals surface area contributed by atoms with Gasteiger partial charge in [0, 0.05) is 10.6 Å². The van der Waals surface area contributed by atoms with Crippen molar-refractivity contribution in [3.63, 3.8) is 0 Å². The monoisotopic (exact) mass is 327 g/mol. The molecule has 0 aliphatic rings. The summed E-state index contributed by atoms with van der Waals surface area (Å²) >= 11 is 7.23. The number of aromatic amines is 1. The van der Waals surface area contributed by atoms with Gasteiger partial charge >= 0.3 is 12.0 Å². The number of rotatable bonds is 4. The number of carbonyl (C=O) groups is 2. The van der Waals surface area contributed by atoms with Gasteiger partial charge in [0.1, 0.15) is 5.69 Å². The van der Waals surface area contributed by atoms with E-state index in [0.29, 0.717) is 10.0 Å². The van der Waals surface area contributed by atoms with Crippen LogP contribution in [-0.4, -0.2) is 22.1 Å². The lowest BCUT2D eigenvalue weighted by Crippen LogP contribution is -2.31. The summed E-state index contributed by atoms with van der Waals surface area (Å²) in [6.45, 7) is 3.54. The number of aromatic carboxylic acids is 1. The number of hydrogen-bond donors (Lipinski definition) is 4. The van der Waals surface area contributed by atoms with Crippen LogP contribution in [-0.2, 0) is 0 Å². The molecular formula is C13H14ClN3O3S. The highest BCUT2D eigenvalue weighted by atomic mass is 35.5. The SMILES string of the molecule is Cc1cc(NC(=O)NC(C)c2ccc(Cl)s2)c(C(=O)O)[nH]1. The van der Waals surface area contributed by atoms with Gasteiger partial charge in [-0.05, 0) is 32.0 Å². The van der Waals surface area contributed by atoms with Crippen molar-refractivity contribution < 1.29 is 14.7 Å². The molecule has 4 N–H and O–H groups in total. The van der Waals surface area contributed by atoms with Crippen LogP contribution in [0.3, 0.4) is 0 Å². The molecule has 0 aliphatic carbocycles. The normalized spacial score (nSPS) is 12.0. The van der Waals surface area contributed by atoms with E-state index in [0.717, 1.165) is 4.88 Å². The molecule has 112 valence electrons. The molecule has 2 aromatic rings. The zero-order valence-corrected chi connectivity index (χ0v) is 12.9. The van der Waals surface area contributed by atoms with Gasteiger partial charge in [-0.25, -0.2) is 9.59 Å². The Morgan fingerprint density at radius 3 is 2.71 bits per heavy atom. The van der Waals surface area contributed by atoms with Crippen molar-refractivity contribution in [3.05, 3.63) is 38.8 Å². The van der Waals surface area contributed by atoms with E-state index in [1.54, 1.807) is 19.1 Å². The highest BCUT2D eigenvalue weighted by Gasteiger charge is 2.17. The number of hydrogen-bond acceptors (Lipinski definition) is 3. The summed E-state index contributed by atoms with van der Waals surface area (Å²) in [5, 5.41) is 14.3. The number of anilines is 1. The summed E-state index contributed by atoms with van der Waals surface area (Å²) in [6, 6.07) is 4.45. The van der Waals surface area contributed by atoms with Crippen LogP contribution < -0.4 is 10.6 Å². The van der Waals surface area contributed by atoms with Crippen molar-refractivity contribution in [1.29, 1.82) is 0 Å². The van der Waals surface area contributed by atoms with Crippen LogP contribution in [0.4, 0.5) is 10.5 Å². The van der Waals surface area contributed by atoms with E-state index in [1.807, 2.05) is 13.0 Å². The van der Waals surface area contributed by atoms with Crippen molar-refractivity contribution in [2.75, 3.05) is 5.32 Å². The number of carboxylic acid groups (broad SMARTS) is 1. The molecule has 2 rings (SSSR count). The maximum atomic E-state index is 11.9. The molecule has 0 bridgehead atoms.